The number of hydrogen-bond donors (Lipinski definition) is 1. The Morgan fingerprint density at radius 3 is 2.90 bits per heavy atom. The summed E-state index contributed by atoms with van der Waals surface area (Å²) in [5.74, 6) is -0.772. The van der Waals surface area contributed by atoms with Crippen LogP contribution in [0, 0.1) is 12.7 Å². The molecule has 1 saturated heterocycles. The zero-order valence-electron chi connectivity index (χ0n) is 11.8. The SMILES string of the molecule is Cc1cccc(C(=O)NCCCN2CCOCC2)c1F. The van der Waals surface area contributed by atoms with Gasteiger partial charge in [0.05, 0.1) is 18.8 Å². The highest BCUT2D eigenvalue weighted by Gasteiger charge is 2.13. The number of nitrogens with one attached hydrogen (secondary N) is 1. The van der Waals surface area contributed by atoms with Gasteiger partial charge in [-0.25, -0.2) is 4.39 Å². The fourth-order valence-electron chi connectivity index (χ4n) is 2.25. The fraction of sp³-hybridized carbons (Fsp3) is 0.533. The van der Waals surface area contributed by atoms with E-state index in [1.165, 1.54) is 6.07 Å². The minimum Gasteiger partial charge on any atom is -0.379 e. The molecular weight excluding hydrogens is 259 g/mol. The third kappa shape index (κ3) is 4.02. The van der Waals surface area contributed by atoms with Crippen molar-refractivity contribution in [2.75, 3.05) is 39.4 Å². The number of carbonyl (C=O) groups is 1. The molecule has 1 aliphatic rings. The van der Waals surface area contributed by atoms with Crippen LogP contribution in [0.5, 0.6) is 0 Å². The molecule has 2 rings (SSSR count). The van der Waals surface area contributed by atoms with E-state index in [4.69, 9.17) is 4.74 Å². The molecule has 0 atom stereocenters. The molecule has 1 aliphatic heterocycles. The van der Waals surface area contributed by atoms with E-state index in [1.807, 2.05) is 0 Å². The number of benzene rings is 1. The minimum absolute atomic E-state index is 0.122. The second-order valence-electron chi connectivity index (χ2n) is 5.00. The van der Waals surface area contributed by atoms with Gasteiger partial charge in [-0.2, -0.15) is 0 Å². The number of aryl methyl sites for hydroxylation is 1. The maximum Gasteiger partial charge on any atom is 0.254 e. The molecule has 0 saturated carbocycles. The van der Waals surface area contributed by atoms with E-state index in [9.17, 15) is 9.18 Å². The van der Waals surface area contributed by atoms with Crippen LogP contribution in [-0.4, -0.2) is 50.2 Å². The molecule has 1 N–H and O–H groups in total. The van der Waals surface area contributed by atoms with Crippen molar-refractivity contribution < 1.29 is 13.9 Å². The molecule has 1 aromatic rings. The Morgan fingerprint density at radius 1 is 1.40 bits per heavy atom. The Balaban J connectivity index is 1.73. The van der Waals surface area contributed by atoms with Crippen LogP contribution in [0.3, 0.4) is 0 Å². The van der Waals surface area contributed by atoms with Gasteiger partial charge in [-0.05, 0) is 31.5 Å². The summed E-state index contributed by atoms with van der Waals surface area (Å²) in [5, 5.41) is 2.77. The average molecular weight is 280 g/mol. The van der Waals surface area contributed by atoms with Crippen molar-refractivity contribution in [2.45, 2.75) is 13.3 Å². The molecule has 0 spiro atoms. The Kier molecular flexibility index (Phi) is 5.49. The lowest BCUT2D eigenvalue weighted by atomic mass is 10.1. The number of carbonyl (C=O) groups excluding carboxylic acids is 1. The number of morpholine rings is 1. The van der Waals surface area contributed by atoms with Gasteiger partial charge in [-0.3, -0.25) is 9.69 Å². The molecule has 20 heavy (non-hydrogen) atoms. The van der Waals surface area contributed by atoms with Gasteiger partial charge in [-0.1, -0.05) is 12.1 Å². The third-order valence-electron chi connectivity index (χ3n) is 3.48. The molecule has 1 fully saturated rings. The van der Waals surface area contributed by atoms with Crippen LogP contribution in [0.15, 0.2) is 18.2 Å². The van der Waals surface area contributed by atoms with Gasteiger partial charge >= 0.3 is 0 Å². The average Bonchev–Trinajstić information content (AvgIpc) is 2.47. The smallest absolute Gasteiger partial charge is 0.254 e. The minimum atomic E-state index is -0.432. The highest BCUT2D eigenvalue weighted by Crippen LogP contribution is 2.11. The maximum atomic E-state index is 13.8. The van der Waals surface area contributed by atoms with E-state index in [0.717, 1.165) is 39.3 Å². The van der Waals surface area contributed by atoms with Crippen molar-refractivity contribution in [3.8, 4) is 0 Å². The van der Waals surface area contributed by atoms with E-state index >= 15 is 0 Å². The first kappa shape index (κ1) is 14.9. The predicted molar refractivity (Wildman–Crippen MR) is 75.3 cm³/mol. The topological polar surface area (TPSA) is 41.6 Å². The van der Waals surface area contributed by atoms with E-state index in [-0.39, 0.29) is 11.5 Å². The number of nitrogens with zero attached hydrogens (tertiary/aromatic N) is 1. The lowest BCUT2D eigenvalue weighted by Gasteiger charge is -2.26. The first-order valence-corrected chi connectivity index (χ1v) is 7.02. The second-order valence-corrected chi connectivity index (χ2v) is 5.00. The molecule has 0 aromatic heterocycles. The largest absolute Gasteiger partial charge is 0.379 e. The van der Waals surface area contributed by atoms with Crippen LogP contribution in [0.1, 0.15) is 22.3 Å². The molecule has 1 heterocycles. The molecule has 1 amide bonds. The normalized spacial score (nSPS) is 16.1. The first-order valence-electron chi connectivity index (χ1n) is 7.02. The second kappa shape index (κ2) is 7.36. The van der Waals surface area contributed by atoms with Crippen molar-refractivity contribution >= 4 is 5.91 Å². The molecule has 4 nitrogen and oxygen atoms in total. The van der Waals surface area contributed by atoms with Gasteiger partial charge in [-0.15, -0.1) is 0 Å². The van der Waals surface area contributed by atoms with Crippen LogP contribution in [0.2, 0.25) is 0 Å². The number of halogens is 1. The van der Waals surface area contributed by atoms with Crippen molar-refractivity contribution in [2.24, 2.45) is 0 Å². The van der Waals surface area contributed by atoms with Crippen molar-refractivity contribution in [1.29, 1.82) is 0 Å². The summed E-state index contributed by atoms with van der Waals surface area (Å²) >= 11 is 0. The summed E-state index contributed by atoms with van der Waals surface area (Å²) in [7, 11) is 0. The number of amides is 1. The molecule has 5 heteroatoms. The molecule has 0 bridgehead atoms. The van der Waals surface area contributed by atoms with Crippen LogP contribution in [-0.2, 0) is 4.74 Å². The monoisotopic (exact) mass is 280 g/mol. The van der Waals surface area contributed by atoms with Crippen LogP contribution >= 0.6 is 0 Å². The highest BCUT2D eigenvalue weighted by molar-refractivity contribution is 5.94. The van der Waals surface area contributed by atoms with Gasteiger partial charge in [0.1, 0.15) is 5.82 Å². The number of rotatable bonds is 5. The van der Waals surface area contributed by atoms with Crippen molar-refractivity contribution in [3.05, 3.63) is 35.1 Å². The summed E-state index contributed by atoms with van der Waals surface area (Å²) in [4.78, 5) is 14.2. The van der Waals surface area contributed by atoms with Crippen LogP contribution in [0.25, 0.3) is 0 Å². The third-order valence-corrected chi connectivity index (χ3v) is 3.48. The maximum absolute atomic E-state index is 13.8. The zero-order chi connectivity index (χ0) is 14.4. The van der Waals surface area contributed by atoms with E-state index < -0.39 is 5.82 Å². The van der Waals surface area contributed by atoms with Gasteiger partial charge in [0, 0.05) is 19.6 Å². The molecule has 0 radical (unpaired) electrons. The lowest BCUT2D eigenvalue weighted by molar-refractivity contribution is 0.0374. The zero-order valence-corrected chi connectivity index (χ0v) is 11.8. The summed E-state index contributed by atoms with van der Waals surface area (Å²) in [6.07, 6.45) is 0.860. The number of hydrogen-bond acceptors (Lipinski definition) is 3. The molecule has 0 aliphatic carbocycles. The molecule has 1 aromatic carbocycles. The molecular formula is C15H21FN2O2. The predicted octanol–water partition coefficient (Wildman–Crippen LogP) is 1.59. The molecule has 0 unspecified atom stereocenters. The van der Waals surface area contributed by atoms with Crippen molar-refractivity contribution in [3.63, 3.8) is 0 Å². The van der Waals surface area contributed by atoms with Crippen LogP contribution < -0.4 is 5.32 Å². The fourth-order valence-corrected chi connectivity index (χ4v) is 2.25. The van der Waals surface area contributed by atoms with Crippen molar-refractivity contribution in [1.82, 2.24) is 10.2 Å². The Morgan fingerprint density at radius 2 is 2.15 bits per heavy atom. The van der Waals surface area contributed by atoms with Gasteiger partial charge < -0.3 is 10.1 Å². The van der Waals surface area contributed by atoms with Gasteiger partial charge in [0.25, 0.3) is 5.91 Å². The van der Waals surface area contributed by atoms with E-state index in [2.05, 4.69) is 10.2 Å². The van der Waals surface area contributed by atoms with Gasteiger partial charge in [0.2, 0.25) is 0 Å². The van der Waals surface area contributed by atoms with Gasteiger partial charge in [0.15, 0.2) is 0 Å². The summed E-state index contributed by atoms with van der Waals surface area (Å²) in [5.41, 5.74) is 0.613. The summed E-state index contributed by atoms with van der Waals surface area (Å²) < 4.78 is 19.0. The van der Waals surface area contributed by atoms with Crippen LogP contribution in [0.4, 0.5) is 4.39 Å². The standard InChI is InChI=1S/C15H21FN2O2/c1-12-4-2-5-13(14(12)16)15(19)17-6-3-7-18-8-10-20-11-9-18/h2,4-5H,3,6-11H2,1H3,(H,17,19). The summed E-state index contributed by atoms with van der Waals surface area (Å²) in [6.45, 7) is 6.59. The molecule has 110 valence electrons. The quantitative estimate of drug-likeness (QED) is 0.833. The lowest BCUT2D eigenvalue weighted by Crippen LogP contribution is -2.38. The number of ether oxygens (including phenoxy) is 1. The Bertz CT molecular complexity index is 459. The van der Waals surface area contributed by atoms with E-state index in [1.54, 1.807) is 19.1 Å². The highest BCUT2D eigenvalue weighted by atomic mass is 19.1. The van der Waals surface area contributed by atoms with E-state index in [0.29, 0.717) is 12.1 Å². The first-order chi connectivity index (χ1) is 9.68. The summed E-state index contributed by atoms with van der Waals surface area (Å²) in [6, 6.07) is 4.87. The Labute approximate surface area is 118 Å². The Hall–Kier alpha value is -1.46.